The molecule has 17 heavy (non-hydrogen) atoms. The first kappa shape index (κ1) is 10.5. The van der Waals surface area contributed by atoms with Crippen LogP contribution in [0.5, 0.6) is 0 Å². The van der Waals surface area contributed by atoms with E-state index < -0.39 is 5.54 Å². The normalized spacial score (nSPS) is 18.9. The summed E-state index contributed by atoms with van der Waals surface area (Å²) in [6.07, 6.45) is 2.30. The summed E-state index contributed by atoms with van der Waals surface area (Å²) >= 11 is 0. The van der Waals surface area contributed by atoms with Gasteiger partial charge in [0, 0.05) is 5.56 Å². The number of hydrogen-bond donors (Lipinski definition) is 1. The molecule has 3 rings (SSSR count). The minimum atomic E-state index is -0.486. The van der Waals surface area contributed by atoms with Crippen molar-refractivity contribution in [2.24, 2.45) is 11.7 Å². The average molecular weight is 229 g/mol. The van der Waals surface area contributed by atoms with Crippen molar-refractivity contribution < 1.29 is 4.52 Å². The highest BCUT2D eigenvalue weighted by molar-refractivity contribution is 5.53. The number of nitrogens with zero attached hydrogens (tertiary/aromatic N) is 2. The molecule has 0 spiro atoms. The van der Waals surface area contributed by atoms with Gasteiger partial charge in [-0.2, -0.15) is 4.98 Å². The van der Waals surface area contributed by atoms with Gasteiger partial charge in [-0.3, -0.25) is 0 Å². The number of rotatable bonds is 3. The largest absolute Gasteiger partial charge is 0.337 e. The summed E-state index contributed by atoms with van der Waals surface area (Å²) in [7, 11) is 0. The molecule has 0 saturated heterocycles. The second kappa shape index (κ2) is 3.67. The highest BCUT2D eigenvalue weighted by Crippen LogP contribution is 2.43. The Morgan fingerprint density at radius 1 is 1.29 bits per heavy atom. The zero-order valence-corrected chi connectivity index (χ0v) is 9.76. The third kappa shape index (κ3) is 1.85. The predicted octanol–water partition coefficient (Wildman–Crippen LogP) is 2.32. The van der Waals surface area contributed by atoms with Gasteiger partial charge in [-0.1, -0.05) is 35.5 Å². The van der Waals surface area contributed by atoms with E-state index in [1.54, 1.807) is 0 Å². The van der Waals surface area contributed by atoms with Gasteiger partial charge in [-0.15, -0.1) is 0 Å². The first-order chi connectivity index (χ1) is 8.18. The Labute approximate surface area is 99.8 Å². The Bertz CT molecular complexity index is 514. The summed E-state index contributed by atoms with van der Waals surface area (Å²) in [5.74, 6) is 1.63. The quantitative estimate of drug-likeness (QED) is 0.877. The smallest absolute Gasteiger partial charge is 0.247 e. The molecule has 1 heterocycles. The van der Waals surface area contributed by atoms with Crippen LogP contribution in [0, 0.1) is 5.92 Å². The molecule has 2 N–H and O–H groups in total. The van der Waals surface area contributed by atoms with Crippen molar-refractivity contribution in [2.45, 2.75) is 25.3 Å². The fourth-order valence-corrected chi connectivity index (χ4v) is 2.00. The number of nitrogens with two attached hydrogens (primary N) is 1. The number of hydrogen-bond acceptors (Lipinski definition) is 4. The average Bonchev–Trinajstić information content (AvgIpc) is 3.08. The lowest BCUT2D eigenvalue weighted by Crippen LogP contribution is -2.35. The van der Waals surface area contributed by atoms with Gasteiger partial charge in [0.05, 0.1) is 5.54 Å². The van der Waals surface area contributed by atoms with E-state index in [0.717, 1.165) is 18.4 Å². The Morgan fingerprint density at radius 3 is 2.65 bits per heavy atom. The molecule has 1 atom stereocenters. The van der Waals surface area contributed by atoms with Crippen molar-refractivity contribution in [1.82, 2.24) is 10.1 Å². The highest BCUT2D eigenvalue weighted by atomic mass is 16.5. The van der Waals surface area contributed by atoms with E-state index in [4.69, 9.17) is 10.3 Å². The minimum absolute atomic E-state index is 0.478. The molecular weight excluding hydrogens is 214 g/mol. The third-order valence-electron chi connectivity index (χ3n) is 3.34. The molecule has 88 valence electrons. The Hall–Kier alpha value is -1.68. The molecule has 0 amide bonds. The van der Waals surface area contributed by atoms with Crippen LogP contribution in [0.4, 0.5) is 0 Å². The van der Waals surface area contributed by atoms with Crippen molar-refractivity contribution in [1.29, 1.82) is 0 Å². The van der Waals surface area contributed by atoms with Crippen molar-refractivity contribution in [2.75, 3.05) is 0 Å². The summed E-state index contributed by atoms with van der Waals surface area (Å²) in [5.41, 5.74) is 6.71. The lowest BCUT2D eigenvalue weighted by atomic mass is 9.97. The Morgan fingerprint density at radius 2 is 2.00 bits per heavy atom. The van der Waals surface area contributed by atoms with Gasteiger partial charge >= 0.3 is 0 Å². The van der Waals surface area contributed by atoms with Crippen LogP contribution in [0.1, 0.15) is 25.7 Å². The third-order valence-corrected chi connectivity index (χ3v) is 3.34. The van der Waals surface area contributed by atoms with Gasteiger partial charge in [0.15, 0.2) is 0 Å². The van der Waals surface area contributed by atoms with Crippen LogP contribution in [0.3, 0.4) is 0 Å². The van der Waals surface area contributed by atoms with Gasteiger partial charge in [-0.25, -0.2) is 0 Å². The molecule has 1 saturated carbocycles. The maximum atomic E-state index is 6.24. The summed E-state index contributed by atoms with van der Waals surface area (Å²) in [6, 6.07) is 9.78. The molecule has 1 aromatic carbocycles. The standard InChI is InChI=1S/C13H15N3O/c1-13(14,10-7-8-10)12-15-11(16-17-12)9-5-3-2-4-6-9/h2-6,10H,7-8,14H2,1H3. The van der Waals surface area contributed by atoms with E-state index in [1.807, 2.05) is 37.3 Å². The van der Waals surface area contributed by atoms with Crippen LogP contribution >= 0.6 is 0 Å². The van der Waals surface area contributed by atoms with Gasteiger partial charge in [0.2, 0.25) is 11.7 Å². The molecule has 1 aromatic heterocycles. The van der Waals surface area contributed by atoms with E-state index in [0.29, 0.717) is 17.6 Å². The highest BCUT2D eigenvalue weighted by Gasteiger charge is 2.43. The maximum absolute atomic E-state index is 6.24. The van der Waals surface area contributed by atoms with Crippen molar-refractivity contribution in [3.05, 3.63) is 36.2 Å². The van der Waals surface area contributed by atoms with Crippen LogP contribution in [0.15, 0.2) is 34.9 Å². The summed E-state index contributed by atoms with van der Waals surface area (Å²) in [5, 5.41) is 4.00. The lowest BCUT2D eigenvalue weighted by molar-refractivity contribution is 0.273. The Balaban J connectivity index is 1.93. The number of aromatic nitrogens is 2. The number of benzene rings is 1. The molecule has 1 aliphatic carbocycles. The van der Waals surface area contributed by atoms with Gasteiger partial charge < -0.3 is 10.3 Å². The van der Waals surface area contributed by atoms with E-state index in [9.17, 15) is 0 Å². The molecule has 0 bridgehead atoms. The van der Waals surface area contributed by atoms with E-state index in [2.05, 4.69) is 10.1 Å². The van der Waals surface area contributed by atoms with E-state index in [1.165, 1.54) is 0 Å². The molecule has 2 aromatic rings. The summed E-state index contributed by atoms with van der Waals surface area (Å²) in [6.45, 7) is 1.97. The van der Waals surface area contributed by atoms with Crippen LogP contribution < -0.4 is 5.73 Å². The Kier molecular flexibility index (Phi) is 2.26. The minimum Gasteiger partial charge on any atom is -0.337 e. The second-order valence-corrected chi connectivity index (χ2v) is 4.85. The molecule has 1 fully saturated rings. The van der Waals surface area contributed by atoms with Gasteiger partial charge in [0.1, 0.15) is 0 Å². The zero-order chi connectivity index (χ0) is 11.9. The zero-order valence-electron chi connectivity index (χ0n) is 9.76. The molecule has 0 radical (unpaired) electrons. The molecular formula is C13H15N3O. The van der Waals surface area contributed by atoms with Crippen LogP contribution in [-0.2, 0) is 5.54 Å². The molecule has 1 aliphatic rings. The van der Waals surface area contributed by atoms with E-state index in [-0.39, 0.29) is 0 Å². The van der Waals surface area contributed by atoms with Gasteiger partial charge in [-0.05, 0) is 25.7 Å². The topological polar surface area (TPSA) is 64.9 Å². The predicted molar refractivity (Wildman–Crippen MR) is 64.0 cm³/mol. The van der Waals surface area contributed by atoms with Crippen molar-refractivity contribution >= 4 is 0 Å². The van der Waals surface area contributed by atoms with Crippen LogP contribution in [0.25, 0.3) is 11.4 Å². The lowest BCUT2D eigenvalue weighted by Gasteiger charge is -2.18. The fourth-order valence-electron chi connectivity index (χ4n) is 2.00. The van der Waals surface area contributed by atoms with Crippen LogP contribution in [0.2, 0.25) is 0 Å². The molecule has 1 unspecified atom stereocenters. The molecule has 4 heteroatoms. The monoisotopic (exact) mass is 229 g/mol. The fraction of sp³-hybridized carbons (Fsp3) is 0.385. The second-order valence-electron chi connectivity index (χ2n) is 4.85. The first-order valence-electron chi connectivity index (χ1n) is 5.86. The maximum Gasteiger partial charge on any atom is 0.247 e. The summed E-state index contributed by atoms with van der Waals surface area (Å²) < 4.78 is 5.30. The van der Waals surface area contributed by atoms with Crippen LogP contribution in [-0.4, -0.2) is 10.1 Å². The molecule has 0 aliphatic heterocycles. The SMILES string of the molecule is CC(N)(c1nc(-c2ccccc2)no1)C1CC1. The van der Waals surface area contributed by atoms with Crippen molar-refractivity contribution in [3.8, 4) is 11.4 Å². The first-order valence-corrected chi connectivity index (χ1v) is 5.86. The van der Waals surface area contributed by atoms with Gasteiger partial charge in [0.25, 0.3) is 0 Å². The summed E-state index contributed by atoms with van der Waals surface area (Å²) in [4.78, 5) is 4.41. The van der Waals surface area contributed by atoms with E-state index >= 15 is 0 Å². The van der Waals surface area contributed by atoms with Crippen molar-refractivity contribution in [3.63, 3.8) is 0 Å². The molecule has 4 nitrogen and oxygen atoms in total.